The summed E-state index contributed by atoms with van der Waals surface area (Å²) in [5, 5.41) is 0. The van der Waals surface area contributed by atoms with Crippen LogP contribution in [0, 0.1) is 0 Å². The second-order valence-electron chi connectivity index (χ2n) is 7.83. The van der Waals surface area contributed by atoms with E-state index < -0.39 is 13.3 Å². The van der Waals surface area contributed by atoms with Gasteiger partial charge in [0.05, 0.1) is 0 Å². The molecule has 0 radical (unpaired) electrons. The Morgan fingerprint density at radius 1 is 0.926 bits per heavy atom. The molecule has 0 heterocycles. The van der Waals surface area contributed by atoms with Crippen LogP contribution in [0.25, 0.3) is 0 Å². The van der Waals surface area contributed by atoms with Gasteiger partial charge in [0.15, 0.2) is 0 Å². The maximum Gasteiger partial charge on any atom is 0.123 e. The Labute approximate surface area is 161 Å². The first-order valence-corrected chi connectivity index (χ1v) is 9.46. The molecule has 1 atom stereocenters. The molecular formula is C23H30F2O2. The average molecular weight is 376 g/mol. The summed E-state index contributed by atoms with van der Waals surface area (Å²) < 4.78 is 36.0. The van der Waals surface area contributed by atoms with E-state index in [0.29, 0.717) is 5.75 Å². The molecule has 0 fully saturated rings. The molecule has 1 unspecified atom stereocenters. The number of halogens is 2. The van der Waals surface area contributed by atoms with Gasteiger partial charge in [-0.25, -0.2) is 8.78 Å². The Morgan fingerprint density at radius 2 is 1.63 bits per heavy atom. The third-order valence-corrected chi connectivity index (χ3v) is 4.50. The monoisotopic (exact) mass is 376 g/mol. The van der Waals surface area contributed by atoms with Crippen LogP contribution in [-0.2, 0) is 11.8 Å². The molecule has 0 N–H and O–H groups in total. The summed E-state index contributed by atoms with van der Waals surface area (Å²) in [6, 6.07) is 14.0. The van der Waals surface area contributed by atoms with Crippen LogP contribution in [0.5, 0.6) is 11.5 Å². The van der Waals surface area contributed by atoms with Crippen LogP contribution >= 0.6 is 0 Å². The molecule has 0 amide bonds. The highest BCUT2D eigenvalue weighted by Crippen LogP contribution is 2.33. The number of rotatable bonds is 9. The van der Waals surface area contributed by atoms with Crippen molar-refractivity contribution in [2.45, 2.75) is 45.4 Å². The van der Waals surface area contributed by atoms with Crippen molar-refractivity contribution in [3.8, 4) is 11.5 Å². The largest absolute Gasteiger partial charge is 0.491 e. The summed E-state index contributed by atoms with van der Waals surface area (Å²) in [5.74, 6) is 1.70. The first kappa shape index (κ1) is 21.2. The van der Waals surface area contributed by atoms with Gasteiger partial charge >= 0.3 is 0 Å². The van der Waals surface area contributed by atoms with Crippen LogP contribution in [0.1, 0.15) is 50.3 Å². The highest BCUT2D eigenvalue weighted by Gasteiger charge is 2.20. The van der Waals surface area contributed by atoms with Gasteiger partial charge in [0.1, 0.15) is 38.1 Å². The van der Waals surface area contributed by atoms with Gasteiger partial charge in [-0.15, -0.1) is 0 Å². The summed E-state index contributed by atoms with van der Waals surface area (Å²) in [5.41, 5.74) is 3.28. The van der Waals surface area contributed by atoms with E-state index in [2.05, 4.69) is 45.9 Å². The van der Waals surface area contributed by atoms with Crippen molar-refractivity contribution < 1.29 is 18.3 Å². The predicted octanol–water partition coefficient (Wildman–Crippen LogP) is 6.03. The van der Waals surface area contributed by atoms with Gasteiger partial charge in [-0.05, 0) is 52.6 Å². The minimum atomic E-state index is -0.504. The molecule has 0 saturated carbocycles. The molecule has 2 aromatic rings. The van der Waals surface area contributed by atoms with E-state index in [-0.39, 0.29) is 24.5 Å². The van der Waals surface area contributed by atoms with Crippen LogP contribution in [0.2, 0.25) is 0 Å². The lowest BCUT2D eigenvalue weighted by atomic mass is 9.84. The maximum atomic E-state index is 12.6. The van der Waals surface area contributed by atoms with Gasteiger partial charge in [0.25, 0.3) is 0 Å². The quantitative estimate of drug-likeness (QED) is 0.532. The van der Waals surface area contributed by atoms with E-state index >= 15 is 0 Å². The molecule has 2 nitrogen and oxygen atoms in total. The van der Waals surface area contributed by atoms with E-state index in [1.54, 1.807) is 0 Å². The number of hydrogen-bond acceptors (Lipinski definition) is 2. The molecule has 148 valence electrons. The van der Waals surface area contributed by atoms with E-state index in [1.807, 2.05) is 24.3 Å². The summed E-state index contributed by atoms with van der Waals surface area (Å²) in [4.78, 5) is 0. The number of ether oxygens (including phenoxy) is 2. The van der Waals surface area contributed by atoms with Crippen molar-refractivity contribution in [2.24, 2.45) is 0 Å². The van der Waals surface area contributed by atoms with Gasteiger partial charge < -0.3 is 9.47 Å². The molecular weight excluding hydrogens is 346 g/mol. The molecule has 0 spiro atoms. The van der Waals surface area contributed by atoms with Gasteiger partial charge in [0, 0.05) is 0 Å². The van der Waals surface area contributed by atoms with Crippen molar-refractivity contribution >= 4 is 0 Å². The topological polar surface area (TPSA) is 18.5 Å². The second-order valence-corrected chi connectivity index (χ2v) is 7.83. The smallest absolute Gasteiger partial charge is 0.123 e. The van der Waals surface area contributed by atoms with Crippen molar-refractivity contribution in [1.29, 1.82) is 0 Å². The minimum absolute atomic E-state index is 0.0655. The normalized spacial score (nSPS) is 12.7. The Balaban J connectivity index is 2.18. The highest BCUT2D eigenvalue weighted by molar-refractivity contribution is 5.42. The lowest BCUT2D eigenvalue weighted by molar-refractivity contribution is 0.267. The highest BCUT2D eigenvalue weighted by atomic mass is 19.1. The first-order chi connectivity index (χ1) is 12.8. The van der Waals surface area contributed by atoms with Gasteiger partial charge in [0.2, 0.25) is 0 Å². The summed E-state index contributed by atoms with van der Waals surface area (Å²) >= 11 is 0. The van der Waals surface area contributed by atoms with Gasteiger partial charge in [-0.1, -0.05) is 52.0 Å². The SMILES string of the molecule is CC(Cc1ccc(C(C)(C)C)c(OCCF)c1)c1cccc(OCCF)c1. The van der Waals surface area contributed by atoms with Gasteiger partial charge in [-0.3, -0.25) is 0 Å². The zero-order valence-corrected chi connectivity index (χ0v) is 16.7. The van der Waals surface area contributed by atoms with E-state index in [0.717, 1.165) is 28.9 Å². The van der Waals surface area contributed by atoms with Crippen LogP contribution in [-0.4, -0.2) is 26.6 Å². The molecule has 0 aliphatic heterocycles. The fourth-order valence-electron chi connectivity index (χ4n) is 3.12. The fraction of sp³-hybridized carbons (Fsp3) is 0.478. The summed E-state index contributed by atoms with van der Waals surface area (Å²) in [7, 11) is 0. The molecule has 0 aliphatic rings. The zero-order chi connectivity index (χ0) is 19.9. The molecule has 0 aliphatic carbocycles. The maximum absolute atomic E-state index is 12.6. The molecule has 2 aromatic carbocycles. The van der Waals surface area contributed by atoms with Crippen molar-refractivity contribution in [1.82, 2.24) is 0 Å². The van der Waals surface area contributed by atoms with E-state index in [1.165, 1.54) is 0 Å². The Kier molecular flexibility index (Phi) is 7.64. The first-order valence-electron chi connectivity index (χ1n) is 9.46. The third-order valence-electron chi connectivity index (χ3n) is 4.50. The van der Waals surface area contributed by atoms with E-state index in [9.17, 15) is 8.78 Å². The molecule has 0 aromatic heterocycles. The minimum Gasteiger partial charge on any atom is -0.491 e. The van der Waals surface area contributed by atoms with Crippen LogP contribution in [0.3, 0.4) is 0 Å². The molecule has 0 bridgehead atoms. The second kappa shape index (κ2) is 9.72. The summed E-state index contributed by atoms with van der Waals surface area (Å²) in [6.07, 6.45) is 0.822. The zero-order valence-electron chi connectivity index (χ0n) is 16.7. The average Bonchev–Trinajstić information content (AvgIpc) is 2.64. The Hall–Kier alpha value is -2.10. The lowest BCUT2D eigenvalue weighted by Gasteiger charge is -2.24. The van der Waals surface area contributed by atoms with Crippen LogP contribution < -0.4 is 9.47 Å². The van der Waals surface area contributed by atoms with Crippen LogP contribution in [0.4, 0.5) is 8.78 Å². The Bertz CT molecular complexity index is 723. The fourth-order valence-corrected chi connectivity index (χ4v) is 3.12. The van der Waals surface area contributed by atoms with Crippen molar-refractivity contribution in [3.05, 3.63) is 59.2 Å². The van der Waals surface area contributed by atoms with Crippen molar-refractivity contribution in [3.63, 3.8) is 0 Å². The molecule has 2 rings (SSSR count). The summed E-state index contributed by atoms with van der Waals surface area (Å²) in [6.45, 7) is 7.64. The standard InChI is InChI=1S/C23H30F2O2/c1-17(19-6-5-7-20(16-19)26-12-10-24)14-18-8-9-21(23(2,3)4)22(15-18)27-13-11-25/h5-9,15-17H,10-14H2,1-4H3. The predicted molar refractivity (Wildman–Crippen MR) is 107 cm³/mol. The number of benzene rings is 2. The van der Waals surface area contributed by atoms with Crippen LogP contribution in [0.15, 0.2) is 42.5 Å². The molecule has 4 heteroatoms. The number of alkyl halides is 2. The Morgan fingerprint density at radius 3 is 2.30 bits per heavy atom. The van der Waals surface area contributed by atoms with Gasteiger partial charge in [-0.2, -0.15) is 0 Å². The van der Waals surface area contributed by atoms with E-state index in [4.69, 9.17) is 9.47 Å². The molecule has 27 heavy (non-hydrogen) atoms. The van der Waals surface area contributed by atoms with Crippen molar-refractivity contribution in [2.75, 3.05) is 26.6 Å². The number of hydrogen-bond donors (Lipinski definition) is 0. The lowest BCUT2D eigenvalue weighted by Crippen LogP contribution is -2.14. The molecule has 0 saturated heterocycles. The third kappa shape index (κ3) is 6.23.